The molecule has 86 valence electrons. The van der Waals surface area contributed by atoms with Gasteiger partial charge in [-0.2, -0.15) is 5.10 Å². The molecule has 5 nitrogen and oxygen atoms in total. The Morgan fingerprint density at radius 3 is 2.82 bits per heavy atom. The van der Waals surface area contributed by atoms with E-state index in [4.69, 9.17) is 9.84 Å². The van der Waals surface area contributed by atoms with Crippen LogP contribution in [-0.4, -0.2) is 21.3 Å². The molecule has 1 aromatic heterocycles. The van der Waals surface area contributed by atoms with Gasteiger partial charge in [0.25, 0.3) is 0 Å². The highest BCUT2D eigenvalue weighted by molar-refractivity contribution is 5.91. The number of ether oxygens (including phenoxy) is 1. The molecule has 0 unspecified atom stereocenters. The minimum atomic E-state index is -1.03. The second-order valence-electron chi connectivity index (χ2n) is 3.47. The van der Waals surface area contributed by atoms with Gasteiger partial charge < -0.3 is 9.84 Å². The lowest BCUT2D eigenvalue weighted by Gasteiger charge is -2.07. The first-order chi connectivity index (χ1) is 8.16. The smallest absolute Gasteiger partial charge is 0.339 e. The Balaban J connectivity index is 2.36. The van der Waals surface area contributed by atoms with Gasteiger partial charge in [-0.15, -0.1) is 5.10 Å². The summed E-state index contributed by atoms with van der Waals surface area (Å²) in [5.74, 6) is -0.518. The van der Waals surface area contributed by atoms with Crippen molar-refractivity contribution >= 4 is 5.97 Å². The normalized spacial score (nSPS) is 9.94. The van der Waals surface area contributed by atoms with Crippen LogP contribution in [0.15, 0.2) is 36.5 Å². The van der Waals surface area contributed by atoms with Crippen LogP contribution in [0.4, 0.5) is 0 Å². The number of nitrogens with zero attached hydrogens (tertiary/aromatic N) is 2. The summed E-state index contributed by atoms with van der Waals surface area (Å²) >= 11 is 0. The first-order valence-electron chi connectivity index (χ1n) is 4.96. The van der Waals surface area contributed by atoms with E-state index in [0.29, 0.717) is 0 Å². The largest absolute Gasteiger partial charge is 0.478 e. The summed E-state index contributed by atoms with van der Waals surface area (Å²) in [5, 5.41) is 16.4. The number of carbonyl (C=O) groups is 1. The Kier molecular flexibility index (Phi) is 3.00. The van der Waals surface area contributed by atoms with E-state index in [1.54, 1.807) is 30.3 Å². The topological polar surface area (TPSA) is 72.3 Å². The zero-order valence-corrected chi connectivity index (χ0v) is 9.12. The molecule has 0 aliphatic heterocycles. The zero-order chi connectivity index (χ0) is 12.3. The first kappa shape index (κ1) is 11.1. The fraction of sp³-hybridized carbons (Fsp3) is 0.0833. The monoisotopic (exact) mass is 230 g/mol. The van der Waals surface area contributed by atoms with Gasteiger partial charge in [0.1, 0.15) is 11.3 Å². The molecule has 0 spiro atoms. The van der Waals surface area contributed by atoms with Crippen LogP contribution < -0.4 is 4.74 Å². The summed E-state index contributed by atoms with van der Waals surface area (Å²) in [6, 6.07) is 8.20. The maximum absolute atomic E-state index is 11.0. The molecule has 1 N–H and O–H groups in total. The van der Waals surface area contributed by atoms with E-state index >= 15 is 0 Å². The van der Waals surface area contributed by atoms with E-state index < -0.39 is 5.97 Å². The third-order valence-electron chi connectivity index (χ3n) is 2.13. The second kappa shape index (κ2) is 4.61. The van der Waals surface area contributed by atoms with Crippen LogP contribution in [-0.2, 0) is 0 Å². The van der Waals surface area contributed by atoms with E-state index in [0.717, 1.165) is 5.56 Å². The molecule has 0 saturated carbocycles. The molecule has 1 heterocycles. The van der Waals surface area contributed by atoms with Crippen LogP contribution in [0.2, 0.25) is 0 Å². The molecule has 0 fully saturated rings. The Labute approximate surface area is 97.7 Å². The van der Waals surface area contributed by atoms with Gasteiger partial charge in [0.2, 0.25) is 5.88 Å². The summed E-state index contributed by atoms with van der Waals surface area (Å²) in [5.41, 5.74) is 0.963. The SMILES string of the molecule is Cc1ccc(Oc2cccnn2)c(C(=O)O)c1. The van der Waals surface area contributed by atoms with Crippen LogP contribution in [0.3, 0.4) is 0 Å². The Morgan fingerprint density at radius 2 is 2.18 bits per heavy atom. The maximum atomic E-state index is 11.0. The minimum absolute atomic E-state index is 0.107. The molecule has 0 atom stereocenters. The second-order valence-corrected chi connectivity index (χ2v) is 3.47. The predicted molar refractivity (Wildman–Crippen MR) is 60.2 cm³/mol. The van der Waals surface area contributed by atoms with Gasteiger partial charge in [-0.1, -0.05) is 11.6 Å². The van der Waals surface area contributed by atoms with Crippen molar-refractivity contribution in [3.8, 4) is 11.6 Å². The quantitative estimate of drug-likeness (QED) is 0.875. The minimum Gasteiger partial charge on any atom is -0.478 e. The van der Waals surface area contributed by atoms with Crippen LogP contribution in [0.25, 0.3) is 0 Å². The molecular formula is C12H10N2O3. The number of aromatic nitrogens is 2. The average molecular weight is 230 g/mol. The van der Waals surface area contributed by atoms with Crippen molar-refractivity contribution in [2.24, 2.45) is 0 Å². The van der Waals surface area contributed by atoms with Gasteiger partial charge in [0, 0.05) is 12.3 Å². The molecule has 2 rings (SSSR count). The van der Waals surface area contributed by atoms with E-state index in [1.165, 1.54) is 6.20 Å². The molecule has 0 saturated heterocycles. The lowest BCUT2D eigenvalue weighted by atomic mass is 10.1. The summed E-state index contributed by atoms with van der Waals surface area (Å²) in [4.78, 5) is 11.0. The molecular weight excluding hydrogens is 220 g/mol. The van der Waals surface area contributed by atoms with Gasteiger partial charge in [0.15, 0.2) is 0 Å². The van der Waals surface area contributed by atoms with Crippen molar-refractivity contribution in [1.29, 1.82) is 0 Å². The fourth-order valence-electron chi connectivity index (χ4n) is 1.35. The van der Waals surface area contributed by atoms with Crippen molar-refractivity contribution in [3.63, 3.8) is 0 Å². The number of hydrogen-bond acceptors (Lipinski definition) is 4. The molecule has 2 aromatic rings. The standard InChI is InChI=1S/C12H10N2O3/c1-8-4-5-10(9(7-8)12(15)16)17-11-3-2-6-13-14-11/h2-7H,1H3,(H,15,16). The summed E-state index contributed by atoms with van der Waals surface area (Å²) in [7, 11) is 0. The Hall–Kier alpha value is -2.43. The van der Waals surface area contributed by atoms with Crippen molar-refractivity contribution in [3.05, 3.63) is 47.7 Å². The van der Waals surface area contributed by atoms with E-state index in [9.17, 15) is 4.79 Å². The summed E-state index contributed by atoms with van der Waals surface area (Å²) in [6.07, 6.45) is 1.51. The van der Waals surface area contributed by atoms with Gasteiger partial charge in [-0.05, 0) is 25.1 Å². The lowest BCUT2D eigenvalue weighted by Crippen LogP contribution is -2.01. The fourth-order valence-corrected chi connectivity index (χ4v) is 1.35. The number of rotatable bonds is 3. The molecule has 1 aromatic carbocycles. The number of aryl methyl sites for hydroxylation is 1. The Bertz CT molecular complexity index is 541. The van der Waals surface area contributed by atoms with Gasteiger partial charge in [-0.25, -0.2) is 4.79 Å². The number of carboxylic acids is 1. The van der Waals surface area contributed by atoms with Crippen LogP contribution in [0.1, 0.15) is 15.9 Å². The summed E-state index contributed by atoms with van der Waals surface area (Å²) < 4.78 is 5.37. The van der Waals surface area contributed by atoms with Gasteiger partial charge in [0.05, 0.1) is 0 Å². The van der Waals surface area contributed by atoms with Crippen LogP contribution in [0.5, 0.6) is 11.6 Å². The molecule has 0 aliphatic carbocycles. The van der Waals surface area contributed by atoms with Gasteiger partial charge >= 0.3 is 5.97 Å². The van der Waals surface area contributed by atoms with E-state index in [-0.39, 0.29) is 17.2 Å². The third-order valence-corrected chi connectivity index (χ3v) is 2.13. The maximum Gasteiger partial charge on any atom is 0.339 e. The third kappa shape index (κ3) is 2.57. The molecule has 5 heteroatoms. The molecule has 0 aliphatic rings. The highest BCUT2D eigenvalue weighted by Gasteiger charge is 2.12. The van der Waals surface area contributed by atoms with Gasteiger partial charge in [-0.3, -0.25) is 0 Å². The number of aromatic carboxylic acids is 1. The molecule has 17 heavy (non-hydrogen) atoms. The van der Waals surface area contributed by atoms with Crippen molar-refractivity contribution in [2.45, 2.75) is 6.92 Å². The van der Waals surface area contributed by atoms with Crippen molar-refractivity contribution in [2.75, 3.05) is 0 Å². The van der Waals surface area contributed by atoms with E-state index in [2.05, 4.69) is 10.2 Å². The highest BCUT2D eigenvalue weighted by Crippen LogP contribution is 2.24. The predicted octanol–water partition coefficient (Wildman–Crippen LogP) is 2.28. The van der Waals surface area contributed by atoms with Crippen molar-refractivity contribution in [1.82, 2.24) is 10.2 Å². The zero-order valence-electron chi connectivity index (χ0n) is 9.12. The van der Waals surface area contributed by atoms with Crippen LogP contribution in [0, 0.1) is 6.92 Å². The number of benzene rings is 1. The Morgan fingerprint density at radius 1 is 1.35 bits per heavy atom. The number of carboxylic acid groups (broad SMARTS) is 1. The molecule has 0 amide bonds. The van der Waals surface area contributed by atoms with E-state index in [1.807, 2.05) is 6.92 Å². The lowest BCUT2D eigenvalue weighted by molar-refractivity contribution is 0.0694. The molecule has 0 bridgehead atoms. The average Bonchev–Trinajstić information content (AvgIpc) is 2.32. The summed E-state index contributed by atoms with van der Waals surface area (Å²) in [6.45, 7) is 1.82. The molecule has 0 radical (unpaired) electrons. The highest BCUT2D eigenvalue weighted by atomic mass is 16.5. The van der Waals surface area contributed by atoms with Crippen molar-refractivity contribution < 1.29 is 14.6 Å². The first-order valence-corrected chi connectivity index (χ1v) is 4.96. The van der Waals surface area contributed by atoms with Crippen LogP contribution >= 0.6 is 0 Å². The number of hydrogen-bond donors (Lipinski definition) is 1.